The number of Topliss-reactive ketones (excluding diaryl/α,β-unsaturated/α-hetero) is 1. The van der Waals surface area contributed by atoms with Gasteiger partial charge < -0.3 is 14.5 Å². The highest BCUT2D eigenvalue weighted by atomic mass is 16.5. The van der Waals surface area contributed by atoms with Crippen LogP contribution in [0.2, 0.25) is 0 Å². The van der Waals surface area contributed by atoms with Gasteiger partial charge in [0, 0.05) is 11.5 Å². The molecule has 1 saturated carbocycles. The number of ether oxygens (including phenoxy) is 1. The van der Waals surface area contributed by atoms with Crippen molar-refractivity contribution >= 4 is 23.2 Å². The zero-order chi connectivity index (χ0) is 31.0. The topological polar surface area (TPSA) is 92.2 Å². The Bertz CT molecular complexity index is 1410. The fraction of sp³-hybridized carbons (Fsp3) is 0.629. The first-order valence-corrected chi connectivity index (χ1v) is 16.5. The molecule has 5 aliphatic rings. The molecule has 2 aliphatic carbocycles. The quantitative estimate of drug-likeness (QED) is 0.368. The number of carbonyl (C=O) groups is 2. The highest BCUT2D eigenvalue weighted by molar-refractivity contribution is 6.46. The molecular weight excluding hydrogens is 552 g/mol. The van der Waals surface area contributed by atoms with Gasteiger partial charge in [-0.25, -0.2) is 9.89 Å². The van der Waals surface area contributed by atoms with Crippen molar-refractivity contribution < 1.29 is 18.9 Å². The van der Waals surface area contributed by atoms with E-state index in [1.165, 1.54) is 17.2 Å². The second kappa shape index (κ2) is 12.6. The third kappa shape index (κ3) is 5.30. The average Bonchev–Trinajstić information content (AvgIpc) is 3.45. The lowest BCUT2D eigenvalue weighted by atomic mass is 9.56. The first-order chi connectivity index (χ1) is 21.3. The number of aliphatic imine (C=N–C) groups is 1. The molecule has 6 atom stereocenters. The number of likely N-dealkylation sites (N-methyl/N-ethyl adjacent to an activating group) is 1. The Balaban J connectivity index is 1.39. The van der Waals surface area contributed by atoms with Gasteiger partial charge >= 0.3 is 0 Å². The molecule has 44 heavy (non-hydrogen) atoms. The molecule has 9 nitrogen and oxygen atoms in total. The molecule has 2 saturated heterocycles. The van der Waals surface area contributed by atoms with Crippen LogP contribution in [0.3, 0.4) is 0 Å². The summed E-state index contributed by atoms with van der Waals surface area (Å²) >= 11 is 0. The number of ketones is 1. The van der Waals surface area contributed by atoms with Gasteiger partial charge in [-0.1, -0.05) is 37.8 Å². The van der Waals surface area contributed by atoms with E-state index in [0.29, 0.717) is 44.5 Å². The maximum atomic E-state index is 14.8. The molecule has 6 unspecified atom stereocenters. The van der Waals surface area contributed by atoms with Crippen molar-refractivity contribution in [2.75, 3.05) is 46.4 Å². The molecule has 3 aliphatic heterocycles. The van der Waals surface area contributed by atoms with Crippen LogP contribution in [0.4, 0.5) is 0 Å². The van der Waals surface area contributed by atoms with Crippen molar-refractivity contribution in [3.63, 3.8) is 0 Å². The van der Waals surface area contributed by atoms with E-state index < -0.39 is 11.8 Å². The number of fused-ring (bicyclic) bond motifs is 2. The zero-order valence-electron chi connectivity index (χ0n) is 26.6. The van der Waals surface area contributed by atoms with Gasteiger partial charge in [0.1, 0.15) is 24.7 Å². The molecule has 1 spiro atoms. The maximum absolute atomic E-state index is 14.8. The summed E-state index contributed by atoms with van der Waals surface area (Å²) < 4.78 is 8.96. The number of amidine groups is 1. The molecule has 3 fully saturated rings. The minimum absolute atomic E-state index is 0.129. The second-order valence-corrected chi connectivity index (χ2v) is 13.4. The summed E-state index contributed by atoms with van der Waals surface area (Å²) in [6.07, 6.45) is 6.58. The Kier molecular flexibility index (Phi) is 8.76. The zero-order valence-corrected chi connectivity index (χ0v) is 26.6. The van der Waals surface area contributed by atoms with Crippen LogP contribution in [0, 0.1) is 28.6 Å². The third-order valence-corrected chi connectivity index (χ3v) is 11.2. The van der Waals surface area contributed by atoms with E-state index in [0.717, 1.165) is 50.9 Å². The molecule has 0 radical (unpaired) electrons. The van der Waals surface area contributed by atoms with Crippen LogP contribution in [0.1, 0.15) is 57.1 Å². The summed E-state index contributed by atoms with van der Waals surface area (Å²) in [5.74, 6) is 1.21. The smallest absolute Gasteiger partial charge is 0.298 e. The number of nitriles is 1. The lowest BCUT2D eigenvalue weighted by molar-refractivity contribution is -0.552. The summed E-state index contributed by atoms with van der Waals surface area (Å²) in [6, 6.07) is 10.9. The summed E-state index contributed by atoms with van der Waals surface area (Å²) in [6.45, 7) is 12.0. The van der Waals surface area contributed by atoms with Crippen LogP contribution < -0.4 is 0 Å². The van der Waals surface area contributed by atoms with Gasteiger partial charge in [0.05, 0.1) is 38.2 Å². The molecule has 1 amide bonds. The van der Waals surface area contributed by atoms with Crippen LogP contribution in [0.5, 0.6) is 0 Å². The number of hydrogen-bond acceptors (Lipinski definition) is 6. The number of rotatable bonds is 6. The molecular formula is C35H47N6O3+. The van der Waals surface area contributed by atoms with Crippen LogP contribution in [0.15, 0.2) is 41.9 Å². The molecule has 1 aromatic carbocycles. The first-order valence-electron chi connectivity index (χ1n) is 16.5. The largest absolute Gasteiger partial charge is 0.327 e. The van der Waals surface area contributed by atoms with Crippen molar-refractivity contribution in [1.29, 1.82) is 5.26 Å². The maximum Gasteiger partial charge on any atom is 0.298 e. The fourth-order valence-corrected chi connectivity index (χ4v) is 8.56. The van der Waals surface area contributed by atoms with E-state index in [-0.39, 0.29) is 36.0 Å². The van der Waals surface area contributed by atoms with E-state index in [1.807, 2.05) is 0 Å². The van der Waals surface area contributed by atoms with E-state index >= 15 is 0 Å². The minimum atomic E-state index is -0.581. The van der Waals surface area contributed by atoms with Crippen LogP contribution in [0.25, 0.3) is 0 Å². The number of hydrogen-bond donors (Lipinski definition) is 0. The molecule has 0 N–H and O–H groups in total. The van der Waals surface area contributed by atoms with Gasteiger partial charge in [-0.15, -0.1) is 0 Å². The van der Waals surface area contributed by atoms with Gasteiger partial charge in [0.15, 0.2) is 5.78 Å². The van der Waals surface area contributed by atoms with Gasteiger partial charge in [-0.2, -0.15) is 5.26 Å². The summed E-state index contributed by atoms with van der Waals surface area (Å²) in [5, 5.41) is 9.64. The summed E-state index contributed by atoms with van der Waals surface area (Å²) in [4.78, 5) is 39.1. The van der Waals surface area contributed by atoms with Crippen molar-refractivity contribution in [3.05, 3.63) is 48.0 Å². The van der Waals surface area contributed by atoms with Crippen molar-refractivity contribution in [1.82, 2.24) is 14.7 Å². The number of amides is 1. The van der Waals surface area contributed by atoms with E-state index in [2.05, 4.69) is 72.2 Å². The predicted octanol–water partition coefficient (Wildman–Crippen LogP) is 3.28. The lowest BCUT2D eigenvalue weighted by Gasteiger charge is -2.48. The van der Waals surface area contributed by atoms with Gasteiger partial charge in [-0.3, -0.25) is 14.2 Å². The second-order valence-electron chi connectivity index (χ2n) is 13.4. The minimum Gasteiger partial charge on any atom is -0.327 e. The number of piperazine rings is 1. The Labute approximate surface area is 261 Å². The standard InChI is InChI=1S/C35H47N6O3/c1-5-30(42)41-19-18-39(22-27(41)14-16-36)33-29-13-15-35(21-26-11-8-7-10-25(26)20-24(35)3)32(43)31(29)37-34(40(33)6-2)44-23-28-12-9-17-38(28)4/h5,7-8,10-11,24,27-29,34H,1,6,9,12-15,17-23H2,2-4H3/q+1. The van der Waals surface area contributed by atoms with E-state index in [1.54, 1.807) is 4.90 Å². The third-order valence-electron chi connectivity index (χ3n) is 11.2. The summed E-state index contributed by atoms with van der Waals surface area (Å²) in [5.41, 5.74) is 2.84. The van der Waals surface area contributed by atoms with Crippen molar-refractivity contribution in [2.24, 2.45) is 22.2 Å². The van der Waals surface area contributed by atoms with Gasteiger partial charge in [0.2, 0.25) is 5.91 Å². The Morgan fingerprint density at radius 3 is 2.75 bits per heavy atom. The SMILES string of the molecule is C=CC(=O)N1CC[N+](=C2C3CCC4(Cc5ccccc5CC4C)C(=O)C3=NC(OCC3CCCN3C)N2CC)CC1CC#N. The van der Waals surface area contributed by atoms with Crippen LogP contribution in [-0.4, -0.2) is 107 Å². The van der Waals surface area contributed by atoms with Gasteiger partial charge in [-0.05, 0) is 82.2 Å². The van der Waals surface area contributed by atoms with E-state index in [4.69, 9.17) is 9.73 Å². The number of benzene rings is 1. The monoisotopic (exact) mass is 599 g/mol. The first kappa shape index (κ1) is 30.7. The molecule has 234 valence electrons. The Morgan fingerprint density at radius 1 is 1.25 bits per heavy atom. The predicted molar refractivity (Wildman–Crippen MR) is 169 cm³/mol. The van der Waals surface area contributed by atoms with E-state index in [9.17, 15) is 14.9 Å². The fourth-order valence-electron chi connectivity index (χ4n) is 8.56. The molecule has 9 heteroatoms. The number of likely N-dealkylation sites (tertiary alicyclic amines) is 1. The molecule has 6 rings (SSSR count). The molecule has 0 aromatic heterocycles. The Hall–Kier alpha value is -3.35. The molecule has 3 heterocycles. The van der Waals surface area contributed by atoms with Crippen LogP contribution in [-0.2, 0) is 27.2 Å². The van der Waals surface area contributed by atoms with Crippen LogP contribution >= 0.6 is 0 Å². The highest BCUT2D eigenvalue weighted by Crippen LogP contribution is 2.49. The average molecular weight is 600 g/mol. The number of carbonyl (C=O) groups excluding carboxylic acids is 2. The lowest BCUT2D eigenvalue weighted by Crippen LogP contribution is -2.63. The molecule has 0 bridgehead atoms. The van der Waals surface area contributed by atoms with Crippen molar-refractivity contribution in [2.45, 2.75) is 77.2 Å². The molecule has 1 aromatic rings. The van der Waals surface area contributed by atoms with Crippen molar-refractivity contribution in [3.8, 4) is 6.07 Å². The van der Waals surface area contributed by atoms with Gasteiger partial charge in [0.25, 0.3) is 12.2 Å². The number of nitrogens with zero attached hydrogens (tertiary/aromatic N) is 6. The summed E-state index contributed by atoms with van der Waals surface area (Å²) in [7, 11) is 2.15. The Morgan fingerprint density at radius 2 is 2.05 bits per heavy atom. The highest BCUT2D eigenvalue weighted by Gasteiger charge is 2.57. The normalized spacial score (nSPS) is 33.9.